The van der Waals surface area contributed by atoms with Crippen LogP contribution in [0.3, 0.4) is 0 Å². The third kappa shape index (κ3) is 1.85. The summed E-state index contributed by atoms with van der Waals surface area (Å²) in [5.74, 6) is 0.986. The molecule has 0 aliphatic rings. The first-order chi connectivity index (χ1) is 7.24. The van der Waals surface area contributed by atoms with Crippen LogP contribution in [0.25, 0.3) is 0 Å². The first kappa shape index (κ1) is 10.5. The van der Waals surface area contributed by atoms with Crippen molar-refractivity contribution in [1.82, 2.24) is 5.32 Å². The van der Waals surface area contributed by atoms with Gasteiger partial charge >= 0.3 is 0 Å². The predicted octanol–water partition coefficient (Wildman–Crippen LogP) is 3.27. The van der Waals surface area contributed by atoms with Crippen LogP contribution >= 0.6 is 11.3 Å². The average molecular weight is 221 g/mol. The van der Waals surface area contributed by atoms with Gasteiger partial charge in [0.1, 0.15) is 5.76 Å². The Bertz CT molecular complexity index is 404. The lowest BCUT2D eigenvalue weighted by atomic mass is 10.0. The predicted molar refractivity (Wildman–Crippen MR) is 63.4 cm³/mol. The second kappa shape index (κ2) is 4.21. The van der Waals surface area contributed by atoms with Gasteiger partial charge in [-0.2, -0.15) is 0 Å². The zero-order chi connectivity index (χ0) is 10.8. The van der Waals surface area contributed by atoms with Crippen molar-refractivity contribution >= 4 is 11.3 Å². The highest BCUT2D eigenvalue weighted by Gasteiger charge is 2.18. The van der Waals surface area contributed by atoms with Crippen molar-refractivity contribution in [2.45, 2.75) is 19.9 Å². The maximum Gasteiger partial charge on any atom is 0.105 e. The molecule has 2 aromatic rings. The molecule has 80 valence electrons. The Labute approximate surface area is 93.9 Å². The van der Waals surface area contributed by atoms with E-state index >= 15 is 0 Å². The summed E-state index contributed by atoms with van der Waals surface area (Å²) in [5, 5.41) is 5.46. The van der Waals surface area contributed by atoms with Crippen molar-refractivity contribution in [2.75, 3.05) is 7.05 Å². The molecule has 3 heteroatoms. The highest BCUT2D eigenvalue weighted by Crippen LogP contribution is 2.29. The summed E-state index contributed by atoms with van der Waals surface area (Å²) in [5.41, 5.74) is 2.56. The van der Waals surface area contributed by atoms with Gasteiger partial charge in [0.15, 0.2) is 0 Å². The largest absolute Gasteiger partial charge is 0.469 e. The van der Waals surface area contributed by atoms with Gasteiger partial charge in [-0.3, -0.25) is 0 Å². The van der Waals surface area contributed by atoms with Crippen molar-refractivity contribution in [3.8, 4) is 0 Å². The molecule has 0 aromatic carbocycles. The van der Waals surface area contributed by atoms with Gasteiger partial charge in [0.25, 0.3) is 0 Å². The zero-order valence-corrected chi connectivity index (χ0v) is 10.0. The number of hydrogen-bond donors (Lipinski definition) is 1. The van der Waals surface area contributed by atoms with Crippen LogP contribution < -0.4 is 5.32 Å². The molecule has 0 spiro atoms. The van der Waals surface area contributed by atoms with Gasteiger partial charge in [-0.25, -0.2) is 0 Å². The fraction of sp³-hybridized carbons (Fsp3) is 0.333. The van der Waals surface area contributed by atoms with Crippen LogP contribution in [0, 0.1) is 13.8 Å². The van der Waals surface area contributed by atoms with Crippen molar-refractivity contribution in [1.29, 1.82) is 0 Å². The lowest BCUT2D eigenvalue weighted by molar-refractivity contribution is 0.523. The highest BCUT2D eigenvalue weighted by atomic mass is 32.1. The molecule has 1 unspecified atom stereocenters. The van der Waals surface area contributed by atoms with E-state index in [0.717, 1.165) is 5.76 Å². The zero-order valence-electron chi connectivity index (χ0n) is 9.20. The van der Waals surface area contributed by atoms with Gasteiger partial charge in [-0.15, -0.1) is 11.3 Å². The normalized spacial score (nSPS) is 13.0. The Kier molecular flexibility index (Phi) is 2.93. The number of furan rings is 1. The Morgan fingerprint density at radius 3 is 2.53 bits per heavy atom. The molecule has 0 fully saturated rings. The molecule has 2 heterocycles. The molecule has 0 saturated heterocycles. The third-order valence-corrected chi connectivity index (χ3v) is 3.57. The van der Waals surface area contributed by atoms with E-state index in [1.54, 1.807) is 17.6 Å². The molecule has 2 aromatic heterocycles. The molecule has 0 aliphatic carbocycles. The van der Waals surface area contributed by atoms with Crippen LogP contribution in [0.2, 0.25) is 0 Å². The van der Waals surface area contributed by atoms with E-state index in [1.165, 1.54) is 16.0 Å². The van der Waals surface area contributed by atoms with E-state index in [4.69, 9.17) is 4.42 Å². The Morgan fingerprint density at radius 1 is 1.27 bits per heavy atom. The maximum absolute atomic E-state index is 5.35. The monoisotopic (exact) mass is 221 g/mol. The van der Waals surface area contributed by atoms with Crippen LogP contribution in [-0.2, 0) is 0 Å². The van der Waals surface area contributed by atoms with E-state index < -0.39 is 0 Å². The van der Waals surface area contributed by atoms with Crippen LogP contribution in [0.4, 0.5) is 0 Å². The quantitative estimate of drug-likeness (QED) is 0.860. The van der Waals surface area contributed by atoms with Gasteiger partial charge in [-0.1, -0.05) is 0 Å². The molecule has 0 bridgehead atoms. The van der Waals surface area contributed by atoms with Crippen LogP contribution in [-0.4, -0.2) is 7.05 Å². The average Bonchev–Trinajstić information content (AvgIpc) is 2.80. The highest BCUT2D eigenvalue weighted by molar-refractivity contribution is 7.10. The van der Waals surface area contributed by atoms with Crippen LogP contribution in [0.5, 0.6) is 0 Å². The number of aryl methyl sites for hydroxylation is 2. The second-order valence-electron chi connectivity index (χ2n) is 3.59. The summed E-state index contributed by atoms with van der Waals surface area (Å²) in [7, 11) is 1.98. The molecule has 2 nitrogen and oxygen atoms in total. The Morgan fingerprint density at radius 2 is 2.07 bits per heavy atom. The molecule has 15 heavy (non-hydrogen) atoms. The summed E-state index contributed by atoms with van der Waals surface area (Å²) < 4.78 is 5.35. The lowest BCUT2D eigenvalue weighted by Gasteiger charge is -2.15. The van der Waals surface area contributed by atoms with Crippen molar-refractivity contribution < 1.29 is 4.42 Å². The Hall–Kier alpha value is -1.06. The molecule has 1 atom stereocenters. The summed E-state index contributed by atoms with van der Waals surface area (Å²) >= 11 is 1.78. The molecule has 0 radical (unpaired) electrons. The van der Waals surface area contributed by atoms with Crippen molar-refractivity contribution in [3.63, 3.8) is 0 Å². The minimum Gasteiger partial charge on any atom is -0.469 e. The van der Waals surface area contributed by atoms with Gasteiger partial charge in [0, 0.05) is 10.4 Å². The first-order valence-electron chi connectivity index (χ1n) is 4.99. The van der Waals surface area contributed by atoms with E-state index in [-0.39, 0.29) is 6.04 Å². The minimum absolute atomic E-state index is 0.245. The fourth-order valence-electron chi connectivity index (χ4n) is 1.87. The molecule has 0 saturated carbocycles. The third-order valence-electron chi connectivity index (χ3n) is 2.71. The van der Waals surface area contributed by atoms with E-state index in [9.17, 15) is 0 Å². The molecular weight excluding hydrogens is 206 g/mol. The molecule has 0 amide bonds. The maximum atomic E-state index is 5.35. The van der Waals surface area contributed by atoms with Crippen molar-refractivity contribution in [2.24, 2.45) is 0 Å². The van der Waals surface area contributed by atoms with E-state index in [1.807, 2.05) is 20.0 Å². The smallest absolute Gasteiger partial charge is 0.105 e. The molecule has 0 aliphatic heterocycles. The first-order valence-corrected chi connectivity index (χ1v) is 5.87. The SMILES string of the molecule is CNC(c1ccoc1C)c1ccsc1C. The van der Waals surface area contributed by atoms with Gasteiger partial charge in [0.2, 0.25) is 0 Å². The lowest BCUT2D eigenvalue weighted by Crippen LogP contribution is -2.17. The number of hydrogen-bond acceptors (Lipinski definition) is 3. The van der Waals surface area contributed by atoms with Gasteiger partial charge in [0.05, 0.1) is 12.3 Å². The summed E-state index contributed by atoms with van der Waals surface area (Å²) in [6.07, 6.45) is 1.75. The fourth-order valence-corrected chi connectivity index (χ4v) is 2.61. The van der Waals surface area contributed by atoms with E-state index in [2.05, 4.69) is 23.7 Å². The molecule has 1 N–H and O–H groups in total. The summed E-state index contributed by atoms with van der Waals surface area (Å²) in [6, 6.07) is 4.45. The summed E-state index contributed by atoms with van der Waals surface area (Å²) in [6.45, 7) is 4.15. The standard InChI is InChI=1S/C12H15NOS/c1-8-10(4-6-14-8)12(13-3)11-5-7-15-9(11)2/h4-7,12-13H,1-3H3. The van der Waals surface area contributed by atoms with Crippen LogP contribution in [0.1, 0.15) is 27.8 Å². The Balaban J connectivity index is 2.41. The molecular formula is C12H15NOS. The van der Waals surface area contributed by atoms with Gasteiger partial charge in [-0.05, 0) is 44.0 Å². The number of nitrogens with one attached hydrogen (secondary N) is 1. The molecule has 2 rings (SSSR count). The van der Waals surface area contributed by atoms with Gasteiger partial charge < -0.3 is 9.73 Å². The number of thiophene rings is 1. The van der Waals surface area contributed by atoms with Crippen LogP contribution in [0.15, 0.2) is 28.2 Å². The number of rotatable bonds is 3. The topological polar surface area (TPSA) is 25.2 Å². The summed E-state index contributed by atoms with van der Waals surface area (Å²) in [4.78, 5) is 1.36. The second-order valence-corrected chi connectivity index (χ2v) is 4.71. The van der Waals surface area contributed by atoms with E-state index in [0.29, 0.717) is 0 Å². The van der Waals surface area contributed by atoms with Crippen molar-refractivity contribution in [3.05, 3.63) is 45.5 Å². The minimum atomic E-state index is 0.245.